The zero-order valence-corrected chi connectivity index (χ0v) is 38.1. The van der Waals surface area contributed by atoms with Crippen LogP contribution in [0.1, 0.15) is 155 Å². The van der Waals surface area contributed by atoms with Gasteiger partial charge in [0, 0.05) is 12.8 Å². The predicted molar refractivity (Wildman–Crippen MR) is 242 cm³/mol. The average Bonchev–Trinajstić information content (AvgIpc) is 3.17. The summed E-state index contributed by atoms with van der Waals surface area (Å²) < 4.78 is 34.2. The predicted octanol–water partition coefficient (Wildman–Crippen LogP) is 12.8. The first kappa shape index (κ1) is 55.2. The first-order valence-electron chi connectivity index (χ1n) is 22.3. The van der Waals surface area contributed by atoms with Gasteiger partial charge in [-0.1, -0.05) is 150 Å². The van der Waals surface area contributed by atoms with Gasteiger partial charge >= 0.3 is 19.8 Å². The van der Waals surface area contributed by atoms with Crippen LogP contribution in [-0.2, 0) is 32.7 Å². The SMILES string of the molecule is CCC=CCC=CCC=CCC=CCC=CCC=CCCC(=O)OC(COC(=O)CCCCCCCC=CCCCCCCCC)COP(=O)(O)OCC[N+](C)(C)C. The second-order valence-corrected chi connectivity index (χ2v) is 17.1. The van der Waals surface area contributed by atoms with E-state index in [-0.39, 0.29) is 26.1 Å². The van der Waals surface area contributed by atoms with Crippen molar-refractivity contribution in [2.45, 2.75) is 161 Å². The quantitative estimate of drug-likeness (QED) is 0.0214. The Balaban J connectivity index is 4.52. The number of esters is 2. The van der Waals surface area contributed by atoms with E-state index >= 15 is 0 Å². The summed E-state index contributed by atoms with van der Waals surface area (Å²) >= 11 is 0. The van der Waals surface area contributed by atoms with Crippen molar-refractivity contribution in [2.24, 2.45) is 0 Å². The summed E-state index contributed by atoms with van der Waals surface area (Å²) in [6.07, 6.45) is 50.8. The zero-order valence-electron chi connectivity index (χ0n) is 37.2. The minimum atomic E-state index is -4.40. The minimum Gasteiger partial charge on any atom is -0.462 e. The highest BCUT2D eigenvalue weighted by Gasteiger charge is 2.27. The van der Waals surface area contributed by atoms with Gasteiger partial charge in [0.15, 0.2) is 6.10 Å². The molecule has 0 bridgehead atoms. The number of quaternary nitrogens is 1. The van der Waals surface area contributed by atoms with Crippen molar-refractivity contribution in [3.63, 3.8) is 0 Å². The molecule has 9 nitrogen and oxygen atoms in total. The van der Waals surface area contributed by atoms with Crippen LogP contribution in [-0.4, -0.2) is 74.9 Å². The fraction of sp³-hybridized carbons (Fsp3) is 0.667. The van der Waals surface area contributed by atoms with Crippen LogP contribution in [0.25, 0.3) is 0 Å². The van der Waals surface area contributed by atoms with E-state index in [2.05, 4.69) is 86.8 Å². The number of carbonyl (C=O) groups excluding carboxylic acids is 2. The van der Waals surface area contributed by atoms with Gasteiger partial charge in [-0.25, -0.2) is 4.57 Å². The molecular weight excluding hydrogens is 750 g/mol. The monoisotopic (exact) mass is 833 g/mol. The second kappa shape index (κ2) is 39.6. The highest BCUT2D eigenvalue weighted by atomic mass is 31.2. The summed E-state index contributed by atoms with van der Waals surface area (Å²) in [5.74, 6) is -0.914. The van der Waals surface area contributed by atoms with Crippen molar-refractivity contribution in [1.29, 1.82) is 0 Å². The summed E-state index contributed by atoms with van der Waals surface area (Å²) in [7, 11) is 1.41. The molecule has 0 radical (unpaired) electrons. The molecule has 0 heterocycles. The number of phosphoric ester groups is 1. The van der Waals surface area contributed by atoms with Gasteiger partial charge in [0.1, 0.15) is 19.8 Å². The Bertz CT molecular complexity index is 1260. The van der Waals surface area contributed by atoms with Gasteiger partial charge in [0.2, 0.25) is 0 Å². The molecule has 0 aromatic carbocycles. The Labute approximate surface area is 354 Å². The van der Waals surface area contributed by atoms with Crippen molar-refractivity contribution in [3.8, 4) is 0 Å². The Hall–Kier alpha value is -2.81. The highest BCUT2D eigenvalue weighted by Crippen LogP contribution is 2.43. The number of nitrogens with zero attached hydrogens (tertiary/aromatic N) is 1. The molecule has 2 atom stereocenters. The van der Waals surface area contributed by atoms with Gasteiger partial charge < -0.3 is 18.9 Å². The molecule has 0 rings (SSSR count). The van der Waals surface area contributed by atoms with E-state index in [4.69, 9.17) is 18.5 Å². The normalized spacial score (nSPS) is 14.4. The summed E-state index contributed by atoms with van der Waals surface area (Å²) in [6, 6.07) is 0. The number of rotatable bonds is 39. The molecule has 0 aliphatic rings. The van der Waals surface area contributed by atoms with E-state index in [9.17, 15) is 19.0 Å². The van der Waals surface area contributed by atoms with Gasteiger partial charge in [-0.15, -0.1) is 0 Å². The van der Waals surface area contributed by atoms with E-state index in [1.807, 2.05) is 33.3 Å². The molecule has 332 valence electrons. The summed E-state index contributed by atoms with van der Waals surface area (Å²) in [5, 5.41) is 0. The summed E-state index contributed by atoms with van der Waals surface area (Å²) in [6.45, 7) is 4.19. The fourth-order valence-corrected chi connectivity index (χ4v) is 6.19. The highest BCUT2D eigenvalue weighted by molar-refractivity contribution is 7.47. The van der Waals surface area contributed by atoms with Crippen LogP contribution < -0.4 is 0 Å². The molecule has 0 amide bonds. The molecule has 58 heavy (non-hydrogen) atoms. The number of carbonyl (C=O) groups is 2. The number of unbranched alkanes of at least 4 members (excludes halogenated alkanes) is 11. The minimum absolute atomic E-state index is 0.0125. The Kier molecular flexibility index (Phi) is 37.7. The molecule has 10 heteroatoms. The van der Waals surface area contributed by atoms with Crippen molar-refractivity contribution in [2.75, 3.05) is 47.5 Å². The number of hydrogen-bond acceptors (Lipinski definition) is 7. The lowest BCUT2D eigenvalue weighted by Gasteiger charge is -2.24. The standard InChI is InChI=1S/C48H82NO8P/c1-6-8-10-12-14-16-18-20-22-23-24-25-27-29-31-33-35-37-39-41-48(51)57-46(45-56-58(52,53)55-43-42-49(3,4)5)44-54-47(50)40-38-36-34-32-30-28-26-21-19-17-15-13-11-9-7-2/h8,10,14,16,20-22,24-26,29,31,35,37,46H,6-7,9,11-13,15,17-19,23,27-28,30,32-34,36,38-45H2,1-5H3/p+1. The summed E-state index contributed by atoms with van der Waals surface area (Å²) in [5.41, 5.74) is 0. The maximum Gasteiger partial charge on any atom is 0.472 e. The van der Waals surface area contributed by atoms with Gasteiger partial charge in [0.05, 0.1) is 27.7 Å². The van der Waals surface area contributed by atoms with Crippen LogP contribution >= 0.6 is 7.82 Å². The molecule has 0 aliphatic carbocycles. The zero-order chi connectivity index (χ0) is 42.8. The smallest absolute Gasteiger partial charge is 0.462 e. The van der Waals surface area contributed by atoms with E-state index in [0.29, 0.717) is 23.9 Å². The van der Waals surface area contributed by atoms with Crippen LogP contribution in [0.5, 0.6) is 0 Å². The molecular formula is C48H83NO8P+. The Morgan fingerprint density at radius 1 is 0.552 bits per heavy atom. The van der Waals surface area contributed by atoms with E-state index in [0.717, 1.165) is 70.6 Å². The number of likely N-dealkylation sites (N-methyl/N-ethyl adjacent to an activating group) is 1. The molecule has 0 saturated heterocycles. The largest absolute Gasteiger partial charge is 0.472 e. The van der Waals surface area contributed by atoms with E-state index in [1.54, 1.807) is 0 Å². The third-order valence-electron chi connectivity index (χ3n) is 8.92. The first-order valence-corrected chi connectivity index (χ1v) is 23.8. The van der Waals surface area contributed by atoms with Gasteiger partial charge in [-0.3, -0.25) is 18.6 Å². The van der Waals surface area contributed by atoms with Gasteiger partial charge in [-0.05, 0) is 77.0 Å². The lowest BCUT2D eigenvalue weighted by Crippen LogP contribution is -2.37. The van der Waals surface area contributed by atoms with Crippen molar-refractivity contribution in [3.05, 3.63) is 85.1 Å². The van der Waals surface area contributed by atoms with Crippen molar-refractivity contribution >= 4 is 19.8 Å². The maximum absolute atomic E-state index is 12.7. The molecule has 0 aliphatic heterocycles. The molecule has 0 aromatic rings. The van der Waals surface area contributed by atoms with Crippen LogP contribution in [0.4, 0.5) is 0 Å². The summed E-state index contributed by atoms with van der Waals surface area (Å²) in [4.78, 5) is 35.3. The first-order chi connectivity index (χ1) is 28.0. The lowest BCUT2D eigenvalue weighted by molar-refractivity contribution is -0.870. The van der Waals surface area contributed by atoms with Crippen molar-refractivity contribution in [1.82, 2.24) is 0 Å². The second-order valence-electron chi connectivity index (χ2n) is 15.7. The van der Waals surface area contributed by atoms with E-state index < -0.39 is 32.5 Å². The maximum atomic E-state index is 12.7. The number of hydrogen-bond donors (Lipinski definition) is 1. The van der Waals surface area contributed by atoms with Gasteiger partial charge in [-0.2, -0.15) is 0 Å². The Morgan fingerprint density at radius 3 is 1.53 bits per heavy atom. The van der Waals surface area contributed by atoms with E-state index in [1.165, 1.54) is 44.9 Å². The molecule has 0 spiro atoms. The fourth-order valence-electron chi connectivity index (χ4n) is 5.44. The van der Waals surface area contributed by atoms with Crippen LogP contribution in [0.2, 0.25) is 0 Å². The number of allylic oxidation sites excluding steroid dienone is 14. The molecule has 1 N–H and O–H groups in total. The van der Waals surface area contributed by atoms with Crippen molar-refractivity contribution < 1.29 is 42.1 Å². The van der Waals surface area contributed by atoms with Gasteiger partial charge in [0.25, 0.3) is 0 Å². The number of phosphoric acid groups is 1. The third kappa shape index (κ3) is 42.8. The molecule has 0 aromatic heterocycles. The average molecular weight is 833 g/mol. The molecule has 0 fully saturated rings. The van der Waals surface area contributed by atoms with Crippen LogP contribution in [0.15, 0.2) is 85.1 Å². The lowest BCUT2D eigenvalue weighted by atomic mass is 10.1. The number of ether oxygens (including phenoxy) is 2. The molecule has 2 unspecified atom stereocenters. The van der Waals surface area contributed by atoms with Crippen LogP contribution in [0.3, 0.4) is 0 Å². The third-order valence-corrected chi connectivity index (χ3v) is 9.91. The topological polar surface area (TPSA) is 108 Å². The van der Waals surface area contributed by atoms with Crippen LogP contribution in [0, 0.1) is 0 Å². The molecule has 0 saturated carbocycles. The Morgan fingerprint density at radius 2 is 1.02 bits per heavy atom.